The molecular formula is C27H35N3O4. The molecule has 0 saturated heterocycles. The zero-order chi connectivity index (χ0) is 24.0. The first-order valence-electron chi connectivity index (χ1n) is 12.6. The number of amides is 3. The molecule has 4 fully saturated rings. The van der Waals surface area contributed by atoms with Crippen molar-refractivity contribution < 1.29 is 19.1 Å². The number of hydrogen-bond donors (Lipinski definition) is 2. The van der Waals surface area contributed by atoms with Gasteiger partial charge >= 0.3 is 12.0 Å². The molecule has 7 nitrogen and oxygen atoms in total. The van der Waals surface area contributed by atoms with Gasteiger partial charge in [-0.05, 0) is 87.3 Å². The fourth-order valence-corrected chi connectivity index (χ4v) is 7.35. The normalized spacial score (nSPS) is 32.0. The second-order valence-corrected chi connectivity index (χ2v) is 10.8. The number of nitrogens with one attached hydrogen (secondary N) is 2. The van der Waals surface area contributed by atoms with Crippen LogP contribution in [-0.2, 0) is 14.3 Å². The monoisotopic (exact) mass is 465 g/mol. The van der Waals surface area contributed by atoms with Crippen molar-refractivity contribution in [1.82, 2.24) is 10.2 Å². The van der Waals surface area contributed by atoms with E-state index in [2.05, 4.69) is 10.6 Å². The lowest BCUT2D eigenvalue weighted by Crippen LogP contribution is -2.51. The van der Waals surface area contributed by atoms with Crippen molar-refractivity contribution in [2.45, 2.75) is 64.8 Å². The van der Waals surface area contributed by atoms with Crippen LogP contribution in [0.3, 0.4) is 0 Å². The number of anilines is 1. The molecule has 7 heteroatoms. The van der Waals surface area contributed by atoms with Gasteiger partial charge in [-0.3, -0.25) is 9.69 Å². The number of nitrogens with zero attached hydrogens (tertiary/aromatic N) is 1. The van der Waals surface area contributed by atoms with Crippen molar-refractivity contribution in [2.75, 3.05) is 19.0 Å². The molecule has 1 heterocycles. The van der Waals surface area contributed by atoms with Gasteiger partial charge in [0.2, 0.25) is 5.91 Å². The van der Waals surface area contributed by atoms with E-state index in [4.69, 9.17) is 4.74 Å². The topological polar surface area (TPSA) is 87.7 Å². The third kappa shape index (κ3) is 3.89. The molecule has 5 aliphatic rings. The standard InChI is InChI=1S/C27H35N3O4/c1-4-8-30-16(2)22(24(31)34-3)23(29-26(30)33)20-6-5-7-21(12-20)28-25(32)27-13-17-9-18(14-27)11-19(10-17)15-27/h5-7,12,17-19,23H,4,8-11,13-15H2,1-3H3,(H,28,32)(H,29,33)/t17?,18?,19?,23-,27?/m1/s1. The lowest BCUT2D eigenvalue weighted by Gasteiger charge is -2.55. The van der Waals surface area contributed by atoms with Crippen molar-refractivity contribution in [3.63, 3.8) is 0 Å². The van der Waals surface area contributed by atoms with Gasteiger partial charge in [0, 0.05) is 17.9 Å². The Kier molecular flexibility index (Phi) is 5.90. The van der Waals surface area contributed by atoms with Crippen LogP contribution < -0.4 is 10.6 Å². The zero-order valence-corrected chi connectivity index (χ0v) is 20.4. The summed E-state index contributed by atoms with van der Waals surface area (Å²) in [5, 5.41) is 6.16. The average Bonchev–Trinajstić information content (AvgIpc) is 2.80. The van der Waals surface area contributed by atoms with E-state index in [0.717, 1.165) is 31.2 Å². The number of methoxy groups -OCH3 is 1. The molecule has 34 heavy (non-hydrogen) atoms. The highest BCUT2D eigenvalue weighted by molar-refractivity contribution is 5.97. The van der Waals surface area contributed by atoms with Gasteiger partial charge in [0.15, 0.2) is 0 Å². The highest BCUT2D eigenvalue weighted by atomic mass is 16.5. The average molecular weight is 466 g/mol. The minimum atomic E-state index is -0.635. The number of hydrogen-bond acceptors (Lipinski definition) is 4. The van der Waals surface area contributed by atoms with Crippen LogP contribution >= 0.6 is 0 Å². The molecule has 0 spiro atoms. The van der Waals surface area contributed by atoms with Gasteiger partial charge in [0.25, 0.3) is 0 Å². The molecule has 1 aliphatic heterocycles. The van der Waals surface area contributed by atoms with Crippen LogP contribution in [0.2, 0.25) is 0 Å². The summed E-state index contributed by atoms with van der Waals surface area (Å²) in [4.78, 5) is 40.6. The van der Waals surface area contributed by atoms with E-state index in [1.54, 1.807) is 11.8 Å². The Labute approximate surface area is 201 Å². The van der Waals surface area contributed by atoms with Gasteiger partial charge in [-0.1, -0.05) is 19.1 Å². The lowest BCUT2D eigenvalue weighted by atomic mass is 9.49. The first kappa shape index (κ1) is 22.9. The maximum atomic E-state index is 13.5. The van der Waals surface area contributed by atoms with E-state index in [1.165, 1.54) is 26.4 Å². The largest absolute Gasteiger partial charge is 0.466 e. The third-order valence-electron chi connectivity index (χ3n) is 8.45. The van der Waals surface area contributed by atoms with E-state index < -0.39 is 12.0 Å². The minimum absolute atomic E-state index is 0.130. The Morgan fingerprint density at radius 3 is 2.38 bits per heavy atom. The predicted molar refractivity (Wildman–Crippen MR) is 129 cm³/mol. The summed E-state index contributed by atoms with van der Waals surface area (Å²) in [5.41, 5.74) is 2.22. The molecule has 1 atom stereocenters. The summed E-state index contributed by atoms with van der Waals surface area (Å²) in [5.74, 6) is 1.75. The van der Waals surface area contributed by atoms with Crippen molar-refractivity contribution >= 4 is 23.6 Å². The Morgan fingerprint density at radius 2 is 1.79 bits per heavy atom. The zero-order valence-electron chi connectivity index (χ0n) is 20.4. The predicted octanol–water partition coefficient (Wildman–Crippen LogP) is 4.76. The molecule has 6 rings (SSSR count). The summed E-state index contributed by atoms with van der Waals surface area (Å²) in [6, 6.07) is 6.61. The molecule has 3 amide bonds. The van der Waals surface area contributed by atoms with Crippen LogP contribution in [0.25, 0.3) is 0 Å². The van der Waals surface area contributed by atoms with Crippen LogP contribution in [0.15, 0.2) is 35.5 Å². The highest BCUT2D eigenvalue weighted by Crippen LogP contribution is 2.60. The molecule has 2 N–H and O–H groups in total. The Morgan fingerprint density at radius 1 is 1.15 bits per heavy atom. The van der Waals surface area contributed by atoms with Crippen molar-refractivity contribution in [1.29, 1.82) is 0 Å². The van der Waals surface area contributed by atoms with Gasteiger partial charge < -0.3 is 15.4 Å². The van der Waals surface area contributed by atoms with E-state index in [-0.39, 0.29) is 17.4 Å². The van der Waals surface area contributed by atoms with Crippen LogP contribution in [0, 0.1) is 23.2 Å². The molecule has 4 aliphatic carbocycles. The molecule has 0 aromatic heterocycles. The van der Waals surface area contributed by atoms with E-state index in [0.29, 0.717) is 41.3 Å². The van der Waals surface area contributed by atoms with Gasteiger partial charge in [0.1, 0.15) is 0 Å². The number of urea groups is 1. The number of rotatable bonds is 6. The minimum Gasteiger partial charge on any atom is -0.466 e. The summed E-state index contributed by atoms with van der Waals surface area (Å²) >= 11 is 0. The second kappa shape index (κ2) is 8.75. The summed E-state index contributed by atoms with van der Waals surface area (Å²) < 4.78 is 5.06. The van der Waals surface area contributed by atoms with Crippen LogP contribution in [0.1, 0.15) is 70.4 Å². The van der Waals surface area contributed by atoms with Crippen molar-refractivity contribution in [3.05, 3.63) is 41.1 Å². The molecule has 0 unspecified atom stereocenters. The van der Waals surface area contributed by atoms with Crippen molar-refractivity contribution in [2.24, 2.45) is 23.2 Å². The van der Waals surface area contributed by atoms with E-state index >= 15 is 0 Å². The summed E-state index contributed by atoms with van der Waals surface area (Å²) in [6.07, 6.45) is 7.66. The van der Waals surface area contributed by atoms with E-state index in [1.807, 2.05) is 31.2 Å². The van der Waals surface area contributed by atoms with Crippen LogP contribution in [-0.4, -0.2) is 36.5 Å². The number of carbonyl (C=O) groups is 3. The quantitative estimate of drug-likeness (QED) is 0.593. The van der Waals surface area contributed by atoms with Gasteiger partial charge in [-0.25, -0.2) is 9.59 Å². The summed E-state index contributed by atoms with van der Waals surface area (Å²) in [7, 11) is 1.35. The van der Waals surface area contributed by atoms with Crippen LogP contribution in [0.4, 0.5) is 10.5 Å². The molecule has 4 saturated carbocycles. The number of ether oxygens (including phenoxy) is 1. The lowest BCUT2D eigenvalue weighted by molar-refractivity contribution is -0.140. The number of allylic oxidation sites excluding steroid dienone is 1. The Balaban J connectivity index is 1.41. The SMILES string of the molecule is CCCN1C(=O)N[C@H](c2cccc(NC(=O)C34CC5CC(CC(C5)C3)C4)c2)C(C(=O)OC)=C1C. The number of esters is 1. The Bertz CT molecular complexity index is 1010. The van der Waals surface area contributed by atoms with Crippen LogP contribution in [0.5, 0.6) is 0 Å². The smallest absolute Gasteiger partial charge is 0.337 e. The number of benzene rings is 1. The first-order chi connectivity index (χ1) is 16.3. The molecule has 4 bridgehead atoms. The van der Waals surface area contributed by atoms with Gasteiger partial charge in [-0.2, -0.15) is 0 Å². The highest BCUT2D eigenvalue weighted by Gasteiger charge is 2.54. The molecule has 1 aromatic rings. The first-order valence-corrected chi connectivity index (χ1v) is 12.6. The molecule has 1 aromatic carbocycles. The van der Waals surface area contributed by atoms with E-state index in [9.17, 15) is 14.4 Å². The number of carbonyl (C=O) groups excluding carboxylic acids is 3. The second-order valence-electron chi connectivity index (χ2n) is 10.8. The maximum Gasteiger partial charge on any atom is 0.337 e. The van der Waals surface area contributed by atoms with Gasteiger partial charge in [-0.15, -0.1) is 0 Å². The third-order valence-corrected chi connectivity index (χ3v) is 8.45. The molecular weight excluding hydrogens is 430 g/mol. The van der Waals surface area contributed by atoms with Gasteiger partial charge in [0.05, 0.1) is 24.1 Å². The fourth-order valence-electron chi connectivity index (χ4n) is 7.35. The Hall–Kier alpha value is -2.83. The van der Waals surface area contributed by atoms with Crippen molar-refractivity contribution in [3.8, 4) is 0 Å². The molecule has 182 valence electrons. The summed E-state index contributed by atoms with van der Waals surface area (Å²) in [6.45, 7) is 4.29. The molecule has 0 radical (unpaired) electrons. The maximum absolute atomic E-state index is 13.5. The fraction of sp³-hybridized carbons (Fsp3) is 0.593.